The summed E-state index contributed by atoms with van der Waals surface area (Å²) in [5.74, 6) is -0.0126. The molecule has 1 aliphatic rings. The molecule has 0 saturated carbocycles. The molecule has 0 unspecified atom stereocenters. The van der Waals surface area contributed by atoms with Crippen molar-refractivity contribution in [1.82, 2.24) is 15.2 Å². The molecule has 4 heteroatoms. The summed E-state index contributed by atoms with van der Waals surface area (Å²) < 4.78 is 0. The molecule has 0 aliphatic carbocycles. The minimum atomic E-state index is -0.0126. The number of rotatable bonds is 7. The van der Waals surface area contributed by atoms with E-state index in [2.05, 4.69) is 51.6 Å². The van der Waals surface area contributed by atoms with Gasteiger partial charge in [-0.05, 0) is 72.0 Å². The second kappa shape index (κ2) is 9.97. The Hall–Kier alpha value is -3.50. The number of hydrogen-bond acceptors (Lipinski definition) is 3. The fourth-order valence-electron chi connectivity index (χ4n) is 4.70. The summed E-state index contributed by atoms with van der Waals surface area (Å²) in [4.78, 5) is 19.4. The average molecular weight is 436 g/mol. The number of carbonyl (C=O) groups is 1. The maximum absolute atomic E-state index is 12.5. The normalized spacial score (nSPS) is 13.6. The summed E-state index contributed by atoms with van der Waals surface area (Å²) in [6.45, 7) is 3.90. The van der Waals surface area contributed by atoms with Crippen molar-refractivity contribution < 1.29 is 4.79 Å². The Labute approximate surface area is 195 Å². The van der Waals surface area contributed by atoms with E-state index in [0.717, 1.165) is 50.2 Å². The van der Waals surface area contributed by atoms with E-state index < -0.39 is 0 Å². The van der Waals surface area contributed by atoms with E-state index in [1.54, 1.807) is 6.20 Å². The maximum Gasteiger partial charge on any atom is 0.251 e. The van der Waals surface area contributed by atoms with Gasteiger partial charge in [-0.1, -0.05) is 54.6 Å². The van der Waals surface area contributed by atoms with Gasteiger partial charge in [0, 0.05) is 37.0 Å². The van der Waals surface area contributed by atoms with E-state index in [-0.39, 0.29) is 5.91 Å². The van der Waals surface area contributed by atoms with E-state index in [4.69, 9.17) is 0 Å². The van der Waals surface area contributed by atoms with Crippen LogP contribution in [-0.2, 0) is 13.0 Å². The van der Waals surface area contributed by atoms with Gasteiger partial charge >= 0.3 is 0 Å². The lowest BCUT2D eigenvalue weighted by Gasteiger charge is -2.29. The van der Waals surface area contributed by atoms with Crippen LogP contribution in [0.2, 0.25) is 0 Å². The van der Waals surface area contributed by atoms with Crippen LogP contribution >= 0.6 is 0 Å². The highest BCUT2D eigenvalue weighted by atomic mass is 16.1. The predicted octanol–water partition coefficient (Wildman–Crippen LogP) is 5.47. The Bertz CT molecular complexity index is 1230. The van der Waals surface area contributed by atoms with Gasteiger partial charge in [0.1, 0.15) is 0 Å². The highest BCUT2D eigenvalue weighted by Crippen LogP contribution is 2.27. The molecule has 5 rings (SSSR count). The first-order valence-corrected chi connectivity index (χ1v) is 11.8. The zero-order valence-electron chi connectivity index (χ0n) is 18.8. The van der Waals surface area contributed by atoms with Crippen molar-refractivity contribution in [1.29, 1.82) is 0 Å². The molecule has 0 fully saturated rings. The third kappa shape index (κ3) is 4.96. The highest BCUT2D eigenvalue weighted by molar-refractivity contribution is 5.94. The van der Waals surface area contributed by atoms with Gasteiger partial charge in [-0.15, -0.1) is 0 Å². The van der Waals surface area contributed by atoms with E-state index in [0.29, 0.717) is 12.1 Å². The standard InChI is InChI=1S/C29H29N3O/c33-29(24-13-11-23(12-14-24)28-9-3-4-17-30-28)31-18-5-6-19-32-20-16-27-25(21-32)15-10-22-7-1-2-8-26(22)27/h1-4,7-15,17H,5-6,16,18-21H2,(H,31,33). The van der Waals surface area contributed by atoms with E-state index >= 15 is 0 Å². The Balaban J connectivity index is 1.06. The van der Waals surface area contributed by atoms with Crippen LogP contribution in [-0.4, -0.2) is 35.4 Å². The van der Waals surface area contributed by atoms with Crippen molar-refractivity contribution in [3.8, 4) is 11.3 Å². The fourth-order valence-corrected chi connectivity index (χ4v) is 4.70. The van der Waals surface area contributed by atoms with Gasteiger partial charge in [0.05, 0.1) is 5.69 Å². The summed E-state index contributed by atoms with van der Waals surface area (Å²) in [7, 11) is 0. The van der Waals surface area contributed by atoms with Gasteiger partial charge < -0.3 is 5.32 Å². The molecule has 0 radical (unpaired) electrons. The smallest absolute Gasteiger partial charge is 0.251 e. The van der Waals surface area contributed by atoms with Gasteiger partial charge in [0.2, 0.25) is 0 Å². The van der Waals surface area contributed by atoms with E-state index in [1.165, 1.54) is 21.9 Å². The first-order chi connectivity index (χ1) is 16.3. The van der Waals surface area contributed by atoms with Crippen molar-refractivity contribution >= 4 is 16.7 Å². The van der Waals surface area contributed by atoms with Gasteiger partial charge in [-0.2, -0.15) is 0 Å². The van der Waals surface area contributed by atoms with Gasteiger partial charge in [0.15, 0.2) is 0 Å². The van der Waals surface area contributed by atoms with Crippen LogP contribution in [0.3, 0.4) is 0 Å². The molecule has 0 spiro atoms. The van der Waals surface area contributed by atoms with Crippen LogP contribution in [0.15, 0.2) is 85.1 Å². The summed E-state index contributed by atoms with van der Waals surface area (Å²) in [6.07, 6.45) is 4.96. The van der Waals surface area contributed by atoms with Crippen molar-refractivity contribution in [2.75, 3.05) is 19.6 Å². The lowest BCUT2D eigenvalue weighted by atomic mass is 9.93. The van der Waals surface area contributed by atoms with Crippen molar-refractivity contribution in [2.24, 2.45) is 0 Å². The van der Waals surface area contributed by atoms with E-state index in [9.17, 15) is 4.79 Å². The third-order valence-electron chi connectivity index (χ3n) is 6.50. The number of amides is 1. The lowest BCUT2D eigenvalue weighted by Crippen LogP contribution is -2.32. The molecule has 4 nitrogen and oxygen atoms in total. The van der Waals surface area contributed by atoms with Gasteiger partial charge in [0.25, 0.3) is 5.91 Å². The minimum absolute atomic E-state index is 0.0126. The number of benzene rings is 3. The van der Waals surface area contributed by atoms with Crippen LogP contribution in [0, 0.1) is 0 Å². The second-order valence-electron chi connectivity index (χ2n) is 8.71. The number of hydrogen-bond donors (Lipinski definition) is 1. The van der Waals surface area contributed by atoms with Crippen LogP contribution < -0.4 is 5.32 Å². The molecule has 1 aromatic heterocycles. The van der Waals surface area contributed by atoms with E-state index in [1.807, 2.05) is 42.5 Å². The lowest BCUT2D eigenvalue weighted by molar-refractivity contribution is 0.0952. The third-order valence-corrected chi connectivity index (χ3v) is 6.50. The van der Waals surface area contributed by atoms with Crippen molar-refractivity contribution in [2.45, 2.75) is 25.8 Å². The minimum Gasteiger partial charge on any atom is -0.352 e. The SMILES string of the molecule is O=C(NCCCCN1CCc2c(ccc3ccccc23)C1)c1ccc(-c2ccccn2)cc1. The molecule has 33 heavy (non-hydrogen) atoms. The number of aromatic nitrogens is 1. The second-order valence-corrected chi connectivity index (χ2v) is 8.71. The quantitative estimate of drug-likeness (QED) is 0.392. The molecule has 2 heterocycles. The fraction of sp³-hybridized carbons (Fsp3) is 0.241. The molecular weight excluding hydrogens is 406 g/mol. The zero-order chi connectivity index (χ0) is 22.5. The summed E-state index contributed by atoms with van der Waals surface area (Å²) in [6, 6.07) is 26.7. The number of pyridine rings is 1. The number of fused-ring (bicyclic) bond motifs is 3. The maximum atomic E-state index is 12.5. The molecule has 166 valence electrons. The first kappa shape index (κ1) is 21.4. The number of unbranched alkanes of at least 4 members (excludes halogenated alkanes) is 1. The van der Waals surface area contributed by atoms with Crippen molar-refractivity contribution in [3.05, 3.63) is 102 Å². The largest absolute Gasteiger partial charge is 0.352 e. The number of nitrogens with zero attached hydrogens (tertiary/aromatic N) is 2. The summed E-state index contributed by atoms with van der Waals surface area (Å²) in [5.41, 5.74) is 5.60. The monoisotopic (exact) mass is 435 g/mol. The zero-order valence-corrected chi connectivity index (χ0v) is 18.8. The average Bonchev–Trinajstić information content (AvgIpc) is 2.88. The Kier molecular flexibility index (Phi) is 6.45. The number of nitrogens with one attached hydrogen (secondary N) is 1. The molecule has 1 amide bonds. The highest BCUT2D eigenvalue weighted by Gasteiger charge is 2.17. The predicted molar refractivity (Wildman–Crippen MR) is 134 cm³/mol. The molecule has 0 atom stereocenters. The van der Waals surface area contributed by atoms with Crippen LogP contribution in [0.1, 0.15) is 34.3 Å². The summed E-state index contributed by atoms with van der Waals surface area (Å²) in [5, 5.41) is 5.81. The van der Waals surface area contributed by atoms with Crippen LogP contribution in [0.25, 0.3) is 22.0 Å². The van der Waals surface area contributed by atoms with Gasteiger partial charge in [-0.25, -0.2) is 0 Å². The first-order valence-electron chi connectivity index (χ1n) is 11.8. The molecule has 1 aliphatic heterocycles. The molecular formula is C29H29N3O. The molecule has 0 saturated heterocycles. The van der Waals surface area contributed by atoms with Crippen LogP contribution in [0.4, 0.5) is 0 Å². The molecule has 4 aromatic rings. The van der Waals surface area contributed by atoms with Crippen molar-refractivity contribution in [3.63, 3.8) is 0 Å². The molecule has 1 N–H and O–H groups in total. The Morgan fingerprint density at radius 1 is 0.909 bits per heavy atom. The summed E-state index contributed by atoms with van der Waals surface area (Å²) >= 11 is 0. The molecule has 3 aromatic carbocycles. The van der Waals surface area contributed by atoms with Gasteiger partial charge in [-0.3, -0.25) is 14.7 Å². The Morgan fingerprint density at radius 3 is 2.61 bits per heavy atom. The van der Waals surface area contributed by atoms with Crippen LogP contribution in [0.5, 0.6) is 0 Å². The number of carbonyl (C=O) groups excluding carboxylic acids is 1. The Morgan fingerprint density at radius 2 is 1.76 bits per heavy atom. The molecule has 0 bridgehead atoms. The topological polar surface area (TPSA) is 45.2 Å².